The summed E-state index contributed by atoms with van der Waals surface area (Å²) in [6, 6.07) is 27.4. The second kappa shape index (κ2) is 8.20. The summed E-state index contributed by atoms with van der Waals surface area (Å²) in [7, 11) is 0. The molecule has 5 rings (SSSR count). The van der Waals surface area contributed by atoms with E-state index in [9.17, 15) is 4.79 Å². The van der Waals surface area contributed by atoms with Crippen molar-refractivity contribution in [1.29, 1.82) is 0 Å². The molecule has 2 aromatic heterocycles. The number of aromatic nitrogens is 1. The number of oxazole rings is 1. The molecule has 0 atom stereocenters. The van der Waals surface area contributed by atoms with E-state index in [4.69, 9.17) is 4.42 Å². The predicted octanol–water partition coefficient (Wildman–Crippen LogP) is 7.04. The number of nitrogens with zero attached hydrogens (tertiary/aromatic N) is 1. The molecule has 0 aliphatic carbocycles. The second-order valence-electron chi connectivity index (χ2n) is 7.20. The highest BCUT2D eigenvalue weighted by Gasteiger charge is 2.15. The third kappa shape index (κ3) is 3.88. The van der Waals surface area contributed by atoms with Gasteiger partial charge in [-0.25, -0.2) is 4.98 Å². The first-order chi connectivity index (χ1) is 15.2. The maximum atomic E-state index is 12.9. The molecular formula is C26H20N2O2S. The van der Waals surface area contributed by atoms with Crippen molar-refractivity contribution >= 4 is 34.0 Å². The maximum absolute atomic E-state index is 12.9. The van der Waals surface area contributed by atoms with Crippen molar-refractivity contribution in [2.45, 2.75) is 13.3 Å². The van der Waals surface area contributed by atoms with Crippen LogP contribution in [0.2, 0.25) is 0 Å². The summed E-state index contributed by atoms with van der Waals surface area (Å²) in [4.78, 5) is 19.2. The minimum Gasteiger partial charge on any atom is -0.436 e. The van der Waals surface area contributed by atoms with Crippen LogP contribution in [0.1, 0.15) is 22.2 Å². The molecule has 0 radical (unpaired) electrons. The number of aryl methyl sites for hydroxylation is 1. The van der Waals surface area contributed by atoms with Crippen molar-refractivity contribution in [1.82, 2.24) is 4.98 Å². The molecule has 1 N–H and O–H groups in total. The molecule has 0 bridgehead atoms. The quantitative estimate of drug-likeness (QED) is 0.329. The molecule has 3 aromatic carbocycles. The van der Waals surface area contributed by atoms with Gasteiger partial charge in [-0.15, -0.1) is 11.3 Å². The molecular weight excluding hydrogens is 404 g/mol. The van der Waals surface area contributed by atoms with Gasteiger partial charge in [0.05, 0.1) is 4.88 Å². The van der Waals surface area contributed by atoms with Crippen molar-refractivity contribution in [2.75, 3.05) is 5.32 Å². The number of carbonyl (C=O) groups excluding carboxylic acids is 1. The zero-order valence-electron chi connectivity index (χ0n) is 17.0. The first kappa shape index (κ1) is 19.3. The normalized spacial score (nSPS) is 11.0. The van der Waals surface area contributed by atoms with Gasteiger partial charge in [-0.1, -0.05) is 49.4 Å². The SMILES string of the molecule is CCc1cc(C(=O)Nc2ccc(-c3nc4ccccc4o3)cc2)sc1-c1ccccc1. The van der Waals surface area contributed by atoms with Crippen molar-refractivity contribution in [3.63, 3.8) is 0 Å². The van der Waals surface area contributed by atoms with Crippen LogP contribution in [0.4, 0.5) is 5.69 Å². The van der Waals surface area contributed by atoms with E-state index in [1.165, 1.54) is 16.9 Å². The lowest BCUT2D eigenvalue weighted by Gasteiger charge is -2.04. The fourth-order valence-electron chi connectivity index (χ4n) is 3.52. The van der Waals surface area contributed by atoms with Gasteiger partial charge in [0.15, 0.2) is 5.58 Å². The number of thiophene rings is 1. The number of benzene rings is 3. The summed E-state index contributed by atoms with van der Waals surface area (Å²) in [5, 5.41) is 3.00. The van der Waals surface area contributed by atoms with E-state index in [0.717, 1.165) is 39.2 Å². The van der Waals surface area contributed by atoms with Crippen LogP contribution in [0, 0.1) is 0 Å². The molecule has 0 saturated heterocycles. The van der Waals surface area contributed by atoms with Crippen LogP contribution in [0.15, 0.2) is 89.3 Å². The lowest BCUT2D eigenvalue weighted by Crippen LogP contribution is -2.09. The van der Waals surface area contributed by atoms with Crippen LogP contribution in [0.5, 0.6) is 0 Å². The Labute approximate surface area is 184 Å². The molecule has 0 fully saturated rings. The fourth-order valence-corrected chi connectivity index (χ4v) is 4.67. The lowest BCUT2D eigenvalue weighted by molar-refractivity contribution is 0.103. The number of hydrogen-bond acceptors (Lipinski definition) is 4. The van der Waals surface area contributed by atoms with Gasteiger partial charge in [-0.3, -0.25) is 4.79 Å². The van der Waals surface area contributed by atoms with Crippen LogP contribution >= 0.6 is 11.3 Å². The molecule has 0 aliphatic rings. The first-order valence-electron chi connectivity index (χ1n) is 10.2. The zero-order chi connectivity index (χ0) is 21.2. The number of anilines is 1. The smallest absolute Gasteiger partial charge is 0.265 e. The minimum absolute atomic E-state index is 0.100. The average molecular weight is 425 g/mol. The summed E-state index contributed by atoms with van der Waals surface area (Å²) in [6.07, 6.45) is 0.882. The summed E-state index contributed by atoms with van der Waals surface area (Å²) in [5.74, 6) is 0.467. The summed E-state index contributed by atoms with van der Waals surface area (Å²) in [6.45, 7) is 2.11. The van der Waals surface area contributed by atoms with E-state index in [1.54, 1.807) is 0 Å². The molecule has 152 valence electrons. The Bertz CT molecular complexity index is 1320. The first-order valence-corrected chi connectivity index (χ1v) is 11.0. The summed E-state index contributed by atoms with van der Waals surface area (Å²) in [5.41, 5.74) is 5.52. The number of hydrogen-bond donors (Lipinski definition) is 1. The van der Waals surface area contributed by atoms with Crippen LogP contribution in [-0.2, 0) is 6.42 Å². The molecule has 1 amide bonds. The number of para-hydroxylation sites is 2. The van der Waals surface area contributed by atoms with E-state index < -0.39 is 0 Å². The van der Waals surface area contributed by atoms with Crippen LogP contribution in [0.25, 0.3) is 33.0 Å². The minimum atomic E-state index is -0.100. The van der Waals surface area contributed by atoms with Crippen molar-refractivity contribution < 1.29 is 9.21 Å². The third-order valence-electron chi connectivity index (χ3n) is 5.13. The predicted molar refractivity (Wildman–Crippen MR) is 127 cm³/mol. The topological polar surface area (TPSA) is 55.1 Å². The Morgan fingerprint density at radius 3 is 2.42 bits per heavy atom. The number of nitrogens with one attached hydrogen (secondary N) is 1. The number of carbonyl (C=O) groups is 1. The van der Waals surface area contributed by atoms with Gasteiger partial charge >= 0.3 is 0 Å². The Kier molecular flexibility index (Phi) is 5.10. The van der Waals surface area contributed by atoms with E-state index in [2.05, 4.69) is 29.4 Å². The highest BCUT2D eigenvalue weighted by atomic mass is 32.1. The van der Waals surface area contributed by atoms with Gasteiger partial charge in [0.2, 0.25) is 5.89 Å². The van der Waals surface area contributed by atoms with Crippen LogP contribution < -0.4 is 5.32 Å². The summed E-state index contributed by atoms with van der Waals surface area (Å²) >= 11 is 1.53. The molecule has 5 aromatic rings. The molecule has 0 spiro atoms. The number of fused-ring (bicyclic) bond motifs is 1. The van der Waals surface area contributed by atoms with Crippen molar-refractivity contribution in [3.05, 3.63) is 95.4 Å². The maximum Gasteiger partial charge on any atom is 0.265 e. The molecule has 4 nitrogen and oxygen atoms in total. The molecule has 0 unspecified atom stereocenters. The molecule has 2 heterocycles. The standard InChI is InChI=1S/C26H20N2O2S/c1-2-17-16-23(31-24(17)18-8-4-3-5-9-18)25(29)27-20-14-12-19(13-15-20)26-28-21-10-6-7-11-22(21)30-26/h3-16H,2H2,1H3,(H,27,29). The van der Waals surface area contributed by atoms with E-state index >= 15 is 0 Å². The summed E-state index contributed by atoms with van der Waals surface area (Å²) < 4.78 is 5.82. The van der Waals surface area contributed by atoms with Gasteiger partial charge in [0.25, 0.3) is 5.91 Å². The number of amides is 1. The fraction of sp³-hybridized carbons (Fsp3) is 0.0769. The second-order valence-corrected chi connectivity index (χ2v) is 8.26. The van der Waals surface area contributed by atoms with E-state index in [-0.39, 0.29) is 5.91 Å². The Balaban J connectivity index is 1.35. The van der Waals surface area contributed by atoms with Crippen molar-refractivity contribution in [2.24, 2.45) is 0 Å². The molecule has 5 heteroatoms. The Morgan fingerprint density at radius 1 is 0.935 bits per heavy atom. The van der Waals surface area contributed by atoms with Gasteiger partial charge in [-0.2, -0.15) is 0 Å². The van der Waals surface area contributed by atoms with Gasteiger partial charge in [0.1, 0.15) is 5.52 Å². The highest BCUT2D eigenvalue weighted by Crippen LogP contribution is 2.34. The van der Waals surface area contributed by atoms with Gasteiger partial charge in [-0.05, 0) is 60.0 Å². The lowest BCUT2D eigenvalue weighted by atomic mass is 10.1. The van der Waals surface area contributed by atoms with Crippen LogP contribution in [-0.4, -0.2) is 10.9 Å². The third-order valence-corrected chi connectivity index (χ3v) is 6.36. The molecule has 31 heavy (non-hydrogen) atoms. The van der Waals surface area contributed by atoms with Gasteiger partial charge in [0, 0.05) is 16.1 Å². The molecule has 0 saturated carbocycles. The van der Waals surface area contributed by atoms with E-state index in [1.807, 2.05) is 72.8 Å². The number of rotatable bonds is 5. The van der Waals surface area contributed by atoms with Crippen LogP contribution in [0.3, 0.4) is 0 Å². The largest absolute Gasteiger partial charge is 0.436 e. The highest BCUT2D eigenvalue weighted by molar-refractivity contribution is 7.17. The average Bonchev–Trinajstić information content (AvgIpc) is 3.45. The monoisotopic (exact) mass is 424 g/mol. The zero-order valence-corrected chi connectivity index (χ0v) is 17.8. The Hall–Kier alpha value is -3.70. The Morgan fingerprint density at radius 2 is 1.68 bits per heavy atom. The van der Waals surface area contributed by atoms with Gasteiger partial charge < -0.3 is 9.73 Å². The van der Waals surface area contributed by atoms with E-state index in [0.29, 0.717) is 10.8 Å². The molecule has 0 aliphatic heterocycles. The van der Waals surface area contributed by atoms with Crippen molar-refractivity contribution in [3.8, 4) is 21.9 Å².